The van der Waals surface area contributed by atoms with Gasteiger partial charge in [-0.25, -0.2) is 4.79 Å². The number of hydrogen-bond donors (Lipinski definition) is 1. The highest BCUT2D eigenvalue weighted by Crippen LogP contribution is 2.35. The van der Waals surface area contributed by atoms with E-state index in [4.69, 9.17) is 13.6 Å². The van der Waals surface area contributed by atoms with Gasteiger partial charge in [0.05, 0.1) is 13.5 Å². The summed E-state index contributed by atoms with van der Waals surface area (Å²) >= 11 is 0. The number of hydrogen-bond acceptors (Lipinski definition) is 6. The second-order valence-corrected chi connectivity index (χ2v) is 9.71. The molecule has 2 bridgehead atoms. The van der Waals surface area contributed by atoms with Crippen LogP contribution in [0.2, 0.25) is 0 Å². The third-order valence-electron chi connectivity index (χ3n) is 7.48. The number of piperidine rings is 3. The van der Waals surface area contributed by atoms with E-state index in [1.54, 1.807) is 20.1 Å². The van der Waals surface area contributed by atoms with Crippen molar-refractivity contribution in [3.05, 3.63) is 64.2 Å². The zero-order valence-corrected chi connectivity index (χ0v) is 19.9. The van der Waals surface area contributed by atoms with Gasteiger partial charge in [-0.05, 0) is 67.7 Å². The van der Waals surface area contributed by atoms with Crippen LogP contribution in [0.25, 0.3) is 33.1 Å². The summed E-state index contributed by atoms with van der Waals surface area (Å²) in [5, 5.41) is 5.61. The molecule has 3 saturated heterocycles. The number of ether oxygens (including phenoxy) is 1. The smallest absolute Gasteiger partial charge is 0.347 e. The van der Waals surface area contributed by atoms with Crippen molar-refractivity contribution < 1.29 is 18.4 Å². The number of fused-ring (bicyclic) bond motifs is 5. The molecule has 2 aromatic heterocycles. The van der Waals surface area contributed by atoms with Crippen LogP contribution in [0.15, 0.2) is 56.1 Å². The van der Waals surface area contributed by atoms with Gasteiger partial charge in [0.25, 0.3) is 0 Å². The third kappa shape index (κ3) is 4.00. The quantitative estimate of drug-likeness (QED) is 0.467. The SMILES string of the molecule is COc1ccc2cc(-c3oc4cc(C)oc(=O)c4c3CC(=O)NC3CN4CCC3CC4)ccc2c1. The number of nitrogens with one attached hydrogen (secondary N) is 1. The van der Waals surface area contributed by atoms with Crippen molar-refractivity contribution in [3.63, 3.8) is 0 Å². The second kappa shape index (κ2) is 8.57. The van der Waals surface area contributed by atoms with Crippen molar-refractivity contribution in [1.29, 1.82) is 0 Å². The highest BCUT2D eigenvalue weighted by Gasteiger charge is 2.35. The summed E-state index contributed by atoms with van der Waals surface area (Å²) in [6.07, 6.45) is 2.30. The Hall–Kier alpha value is -3.58. The molecule has 0 saturated carbocycles. The van der Waals surface area contributed by atoms with Crippen LogP contribution in [0.1, 0.15) is 24.2 Å². The van der Waals surface area contributed by atoms with Crippen molar-refractivity contribution in [2.45, 2.75) is 32.2 Å². The maximum absolute atomic E-state index is 13.2. The fourth-order valence-electron chi connectivity index (χ4n) is 5.66. The Kier molecular flexibility index (Phi) is 5.37. The van der Waals surface area contributed by atoms with Gasteiger partial charge >= 0.3 is 5.63 Å². The molecule has 5 heterocycles. The predicted molar refractivity (Wildman–Crippen MR) is 134 cm³/mol. The maximum Gasteiger partial charge on any atom is 0.347 e. The topological polar surface area (TPSA) is 84.9 Å². The lowest BCUT2D eigenvalue weighted by Crippen LogP contribution is -2.57. The minimum atomic E-state index is -0.480. The summed E-state index contributed by atoms with van der Waals surface area (Å²) in [5.41, 5.74) is 1.34. The van der Waals surface area contributed by atoms with E-state index in [0.717, 1.165) is 54.6 Å². The standard InChI is InChI=1S/C28H28N2O5/c1-16-11-24-26(28(32)34-16)22(14-25(31)29-23-15-30-9-7-17(23)8-10-30)27(35-24)20-4-3-19-13-21(33-2)6-5-18(19)12-20/h3-6,11-13,17,23H,7-10,14-15H2,1-2H3,(H,29,31). The Labute approximate surface area is 202 Å². The van der Waals surface area contributed by atoms with Crippen molar-refractivity contribution in [1.82, 2.24) is 10.2 Å². The lowest BCUT2D eigenvalue weighted by atomic mass is 9.84. The van der Waals surface area contributed by atoms with E-state index in [1.165, 1.54) is 0 Å². The average Bonchev–Trinajstić information content (AvgIpc) is 3.22. The number of furan rings is 1. The molecule has 0 spiro atoms. The lowest BCUT2D eigenvalue weighted by Gasteiger charge is -2.44. The van der Waals surface area contributed by atoms with Crippen LogP contribution in [0.4, 0.5) is 0 Å². The van der Waals surface area contributed by atoms with Crippen molar-refractivity contribution in [3.8, 4) is 17.1 Å². The van der Waals surface area contributed by atoms with Crippen LogP contribution in [-0.2, 0) is 11.2 Å². The molecule has 1 unspecified atom stereocenters. The van der Waals surface area contributed by atoms with Gasteiger partial charge in [-0.2, -0.15) is 0 Å². The van der Waals surface area contributed by atoms with Gasteiger partial charge in [-0.1, -0.05) is 18.2 Å². The first kappa shape index (κ1) is 21.9. The monoisotopic (exact) mass is 472 g/mol. The summed E-state index contributed by atoms with van der Waals surface area (Å²) in [6.45, 7) is 4.83. The van der Waals surface area contributed by atoms with Gasteiger partial charge in [-0.15, -0.1) is 0 Å². The Balaban J connectivity index is 1.39. The first-order valence-corrected chi connectivity index (χ1v) is 12.1. The van der Waals surface area contributed by atoms with Crippen molar-refractivity contribution in [2.75, 3.05) is 26.7 Å². The number of aryl methyl sites for hydroxylation is 1. The molecule has 3 fully saturated rings. The fourth-order valence-corrected chi connectivity index (χ4v) is 5.66. The fraction of sp³-hybridized carbons (Fsp3) is 0.357. The summed E-state index contributed by atoms with van der Waals surface area (Å²) in [4.78, 5) is 28.5. The molecule has 7 heteroatoms. The molecule has 4 aromatic rings. The third-order valence-corrected chi connectivity index (χ3v) is 7.48. The van der Waals surface area contributed by atoms with E-state index in [2.05, 4.69) is 10.2 Å². The molecule has 0 aliphatic carbocycles. The predicted octanol–water partition coefficient (Wildman–Crippen LogP) is 4.28. The molecule has 3 aliphatic rings. The number of nitrogens with zero attached hydrogens (tertiary/aromatic N) is 1. The van der Waals surface area contributed by atoms with E-state index < -0.39 is 5.63 Å². The molecule has 0 radical (unpaired) electrons. The number of methoxy groups -OCH3 is 1. The normalized spacial score (nSPS) is 21.5. The first-order chi connectivity index (χ1) is 17.0. The molecule has 7 rings (SSSR count). The molecule has 35 heavy (non-hydrogen) atoms. The van der Waals surface area contributed by atoms with E-state index in [0.29, 0.717) is 34.0 Å². The molecular weight excluding hydrogens is 444 g/mol. The summed E-state index contributed by atoms with van der Waals surface area (Å²) in [5.74, 6) is 2.21. The molecule has 3 aliphatic heterocycles. The highest BCUT2D eigenvalue weighted by molar-refractivity contribution is 5.95. The molecule has 7 nitrogen and oxygen atoms in total. The van der Waals surface area contributed by atoms with Gasteiger partial charge in [-0.3, -0.25) is 4.79 Å². The number of rotatable bonds is 5. The van der Waals surface area contributed by atoms with Crippen LogP contribution in [0.5, 0.6) is 5.75 Å². The number of carbonyl (C=O) groups excluding carboxylic acids is 1. The summed E-state index contributed by atoms with van der Waals surface area (Å²) < 4.78 is 16.9. The van der Waals surface area contributed by atoms with E-state index in [-0.39, 0.29) is 18.4 Å². The molecular formula is C28H28N2O5. The van der Waals surface area contributed by atoms with Gasteiger partial charge in [0.2, 0.25) is 5.91 Å². The minimum Gasteiger partial charge on any atom is -0.497 e. The van der Waals surface area contributed by atoms with Gasteiger partial charge in [0.15, 0.2) is 0 Å². The summed E-state index contributed by atoms with van der Waals surface area (Å²) in [6, 6.07) is 13.7. The second-order valence-electron chi connectivity index (χ2n) is 9.71. The largest absolute Gasteiger partial charge is 0.497 e. The average molecular weight is 473 g/mol. The zero-order chi connectivity index (χ0) is 24.1. The van der Waals surface area contributed by atoms with Crippen LogP contribution in [-0.4, -0.2) is 43.6 Å². The van der Waals surface area contributed by atoms with Gasteiger partial charge in [0.1, 0.15) is 28.2 Å². The van der Waals surface area contributed by atoms with E-state index in [1.807, 2.05) is 36.4 Å². The highest BCUT2D eigenvalue weighted by atomic mass is 16.5. The number of amides is 1. The Bertz CT molecular complexity index is 1490. The van der Waals surface area contributed by atoms with Crippen molar-refractivity contribution in [2.24, 2.45) is 5.92 Å². The Morgan fingerprint density at radius 2 is 1.86 bits per heavy atom. The van der Waals surface area contributed by atoms with Gasteiger partial charge < -0.3 is 23.8 Å². The van der Waals surface area contributed by atoms with Crippen LogP contribution >= 0.6 is 0 Å². The minimum absolute atomic E-state index is 0.0556. The number of carbonyl (C=O) groups is 1. The summed E-state index contributed by atoms with van der Waals surface area (Å²) in [7, 11) is 1.64. The molecule has 1 amide bonds. The zero-order valence-electron chi connectivity index (χ0n) is 19.9. The van der Waals surface area contributed by atoms with E-state index >= 15 is 0 Å². The molecule has 180 valence electrons. The van der Waals surface area contributed by atoms with E-state index in [9.17, 15) is 9.59 Å². The van der Waals surface area contributed by atoms with Crippen molar-refractivity contribution >= 4 is 27.6 Å². The van der Waals surface area contributed by atoms with Crippen LogP contribution in [0.3, 0.4) is 0 Å². The first-order valence-electron chi connectivity index (χ1n) is 12.1. The molecule has 1 N–H and O–H groups in total. The van der Waals surface area contributed by atoms with Crippen LogP contribution < -0.4 is 15.7 Å². The van der Waals surface area contributed by atoms with Crippen LogP contribution in [0, 0.1) is 12.8 Å². The molecule has 2 aromatic carbocycles. The number of benzene rings is 2. The maximum atomic E-state index is 13.2. The lowest BCUT2D eigenvalue weighted by molar-refractivity contribution is -0.122. The van der Waals surface area contributed by atoms with Gasteiger partial charge in [0, 0.05) is 29.8 Å². The Morgan fingerprint density at radius 1 is 1.09 bits per heavy atom. The Morgan fingerprint density at radius 3 is 2.60 bits per heavy atom. The molecule has 1 atom stereocenters.